The van der Waals surface area contributed by atoms with E-state index in [9.17, 15) is 8.42 Å². The summed E-state index contributed by atoms with van der Waals surface area (Å²) in [5, 5.41) is 7.19. The van der Waals surface area contributed by atoms with Gasteiger partial charge >= 0.3 is 0 Å². The van der Waals surface area contributed by atoms with E-state index >= 15 is 0 Å². The van der Waals surface area contributed by atoms with E-state index in [1.807, 2.05) is 24.3 Å². The molecule has 1 aromatic heterocycles. The summed E-state index contributed by atoms with van der Waals surface area (Å²) in [4.78, 5) is 9.00. The lowest BCUT2D eigenvalue weighted by atomic mass is 10.0. The fourth-order valence-corrected chi connectivity index (χ4v) is 3.56. The minimum absolute atomic E-state index is 0.0941. The summed E-state index contributed by atoms with van der Waals surface area (Å²) in [6.45, 7) is 0. The first kappa shape index (κ1) is 14.3. The number of hydrogen-bond donors (Lipinski definition) is 1. The predicted octanol–water partition coefficient (Wildman–Crippen LogP) is 2.82. The Labute approximate surface area is 134 Å². The zero-order valence-corrected chi connectivity index (χ0v) is 13.1. The topological polar surface area (TPSA) is 85.9 Å². The van der Waals surface area contributed by atoms with Crippen molar-refractivity contribution in [2.45, 2.75) is 23.7 Å². The van der Waals surface area contributed by atoms with Gasteiger partial charge in [0.1, 0.15) is 5.82 Å². The second-order valence-corrected chi connectivity index (χ2v) is 7.31. The lowest BCUT2D eigenvalue weighted by Crippen LogP contribution is -2.14. The van der Waals surface area contributed by atoms with Gasteiger partial charge in [0, 0.05) is 17.7 Å². The van der Waals surface area contributed by atoms with E-state index in [-0.39, 0.29) is 4.90 Å². The smallest absolute Gasteiger partial charge is 0.238 e. The average molecular weight is 325 g/mol. The van der Waals surface area contributed by atoms with Crippen molar-refractivity contribution in [2.24, 2.45) is 5.14 Å². The molecule has 0 radical (unpaired) electrons. The molecule has 116 valence electrons. The van der Waals surface area contributed by atoms with Crippen LogP contribution < -0.4 is 5.14 Å². The van der Waals surface area contributed by atoms with Gasteiger partial charge in [0.2, 0.25) is 10.0 Å². The highest BCUT2D eigenvalue weighted by Gasteiger charge is 2.27. The number of sulfonamides is 1. The second kappa shape index (κ2) is 5.11. The fourth-order valence-electron chi connectivity index (χ4n) is 2.80. The molecule has 0 atom stereocenters. The molecule has 1 aliphatic rings. The lowest BCUT2D eigenvalue weighted by Gasteiger charge is -2.12. The van der Waals surface area contributed by atoms with Gasteiger partial charge in [-0.3, -0.25) is 0 Å². The van der Waals surface area contributed by atoms with Gasteiger partial charge in [-0.2, -0.15) is 0 Å². The summed E-state index contributed by atoms with van der Waals surface area (Å²) in [7, 11) is -3.85. The number of nitrogens with two attached hydrogens (primary N) is 1. The first-order chi connectivity index (χ1) is 11.0. The molecule has 2 aromatic carbocycles. The summed E-state index contributed by atoms with van der Waals surface area (Å²) >= 11 is 0. The molecule has 5 nitrogen and oxygen atoms in total. The zero-order valence-electron chi connectivity index (χ0n) is 12.3. The molecule has 6 heteroatoms. The van der Waals surface area contributed by atoms with Gasteiger partial charge in [0.15, 0.2) is 0 Å². The summed E-state index contributed by atoms with van der Waals surface area (Å²) in [6.07, 6.45) is 3.85. The Morgan fingerprint density at radius 1 is 1.04 bits per heavy atom. The number of hydrogen-bond acceptors (Lipinski definition) is 4. The minimum atomic E-state index is -3.85. The zero-order chi connectivity index (χ0) is 16.0. The van der Waals surface area contributed by atoms with Crippen molar-refractivity contribution in [3.05, 3.63) is 54.5 Å². The van der Waals surface area contributed by atoms with Gasteiger partial charge in [0.05, 0.1) is 10.6 Å². The van der Waals surface area contributed by atoms with Crippen LogP contribution in [0.4, 0.5) is 0 Å². The number of aromatic nitrogens is 2. The van der Waals surface area contributed by atoms with E-state index in [1.165, 1.54) is 0 Å². The highest BCUT2D eigenvalue weighted by atomic mass is 32.2. The van der Waals surface area contributed by atoms with Crippen molar-refractivity contribution in [3.8, 4) is 11.3 Å². The highest BCUT2D eigenvalue weighted by Crippen LogP contribution is 2.39. The van der Waals surface area contributed by atoms with Crippen molar-refractivity contribution in [1.82, 2.24) is 9.97 Å². The van der Waals surface area contributed by atoms with Crippen LogP contribution in [0.25, 0.3) is 22.0 Å². The molecule has 1 heterocycles. The Morgan fingerprint density at radius 3 is 2.57 bits per heavy atom. The molecule has 3 aromatic rings. The van der Waals surface area contributed by atoms with Crippen LogP contribution in [0.15, 0.2) is 53.6 Å². The first-order valence-corrected chi connectivity index (χ1v) is 8.96. The van der Waals surface area contributed by atoms with E-state index in [1.54, 1.807) is 24.4 Å². The summed E-state index contributed by atoms with van der Waals surface area (Å²) < 4.78 is 24.1. The van der Waals surface area contributed by atoms with Crippen LogP contribution in [0.5, 0.6) is 0 Å². The van der Waals surface area contributed by atoms with Gasteiger partial charge in [-0.15, -0.1) is 0 Å². The molecule has 1 fully saturated rings. The Kier molecular flexibility index (Phi) is 3.18. The maximum atomic E-state index is 12.0. The predicted molar refractivity (Wildman–Crippen MR) is 88.3 cm³/mol. The standard InChI is InChI=1S/C17H15N3O2S/c18-23(21,22)15-8-7-11-3-1-2-4-13(11)16(15)14-9-10-19-17(20-14)12-5-6-12/h1-4,7-10,12H,5-6H2,(H2,18,21,22). The van der Waals surface area contributed by atoms with Gasteiger partial charge in [0.25, 0.3) is 0 Å². The van der Waals surface area contributed by atoms with Crippen LogP contribution in [0, 0.1) is 0 Å². The summed E-state index contributed by atoms with van der Waals surface area (Å²) in [6, 6.07) is 12.7. The van der Waals surface area contributed by atoms with Crippen molar-refractivity contribution in [3.63, 3.8) is 0 Å². The third kappa shape index (κ3) is 2.60. The number of rotatable bonds is 3. The van der Waals surface area contributed by atoms with E-state index in [0.29, 0.717) is 17.2 Å². The molecular weight excluding hydrogens is 310 g/mol. The van der Waals surface area contributed by atoms with Crippen LogP contribution in [0.2, 0.25) is 0 Å². The third-order valence-corrected chi connectivity index (χ3v) is 5.02. The van der Waals surface area contributed by atoms with Crippen LogP contribution >= 0.6 is 0 Å². The van der Waals surface area contributed by atoms with Gasteiger partial charge in [-0.05, 0) is 35.7 Å². The monoisotopic (exact) mass is 325 g/mol. The molecule has 2 N–H and O–H groups in total. The Morgan fingerprint density at radius 2 is 1.83 bits per heavy atom. The molecule has 4 rings (SSSR count). The SMILES string of the molecule is NS(=O)(=O)c1ccc2ccccc2c1-c1ccnc(C2CC2)n1. The van der Waals surface area contributed by atoms with E-state index in [2.05, 4.69) is 9.97 Å². The molecule has 0 unspecified atom stereocenters. The number of benzene rings is 2. The Balaban J connectivity index is 2.05. The molecule has 1 saturated carbocycles. The average Bonchev–Trinajstić information content (AvgIpc) is 3.38. The number of primary sulfonamides is 1. The van der Waals surface area contributed by atoms with Crippen LogP contribution in [0.3, 0.4) is 0 Å². The lowest BCUT2D eigenvalue weighted by molar-refractivity contribution is 0.598. The largest absolute Gasteiger partial charge is 0.241 e. The van der Waals surface area contributed by atoms with Crippen molar-refractivity contribution >= 4 is 20.8 Å². The molecule has 0 bridgehead atoms. The van der Waals surface area contributed by atoms with E-state index < -0.39 is 10.0 Å². The van der Waals surface area contributed by atoms with Gasteiger partial charge in [-0.25, -0.2) is 23.5 Å². The molecule has 0 spiro atoms. The molecule has 1 aliphatic carbocycles. The maximum Gasteiger partial charge on any atom is 0.238 e. The normalized spacial score (nSPS) is 15.0. The summed E-state index contributed by atoms with van der Waals surface area (Å²) in [5.41, 5.74) is 1.15. The highest BCUT2D eigenvalue weighted by molar-refractivity contribution is 7.89. The molecule has 0 saturated heterocycles. The van der Waals surface area contributed by atoms with E-state index in [0.717, 1.165) is 29.4 Å². The molecular formula is C17H15N3O2S. The summed E-state index contributed by atoms with van der Waals surface area (Å²) in [5.74, 6) is 1.17. The van der Waals surface area contributed by atoms with Crippen molar-refractivity contribution in [1.29, 1.82) is 0 Å². The number of nitrogens with zero attached hydrogens (tertiary/aromatic N) is 2. The molecule has 0 aliphatic heterocycles. The quantitative estimate of drug-likeness (QED) is 0.802. The second-order valence-electron chi connectivity index (χ2n) is 5.78. The Hall–Kier alpha value is -2.31. The minimum Gasteiger partial charge on any atom is -0.241 e. The van der Waals surface area contributed by atoms with E-state index in [4.69, 9.17) is 5.14 Å². The van der Waals surface area contributed by atoms with Crippen molar-refractivity contribution < 1.29 is 8.42 Å². The van der Waals surface area contributed by atoms with Gasteiger partial charge < -0.3 is 0 Å². The molecule has 0 amide bonds. The maximum absolute atomic E-state index is 12.0. The first-order valence-electron chi connectivity index (χ1n) is 7.42. The van der Waals surface area contributed by atoms with Gasteiger partial charge in [-0.1, -0.05) is 30.3 Å². The van der Waals surface area contributed by atoms with Crippen LogP contribution in [0.1, 0.15) is 24.6 Å². The number of fused-ring (bicyclic) bond motifs is 1. The van der Waals surface area contributed by atoms with Crippen molar-refractivity contribution in [2.75, 3.05) is 0 Å². The Bertz CT molecular complexity index is 1010. The van der Waals surface area contributed by atoms with Crippen LogP contribution in [-0.4, -0.2) is 18.4 Å². The fraction of sp³-hybridized carbons (Fsp3) is 0.176. The van der Waals surface area contributed by atoms with Crippen LogP contribution in [-0.2, 0) is 10.0 Å². The molecule has 23 heavy (non-hydrogen) atoms. The third-order valence-electron chi connectivity index (χ3n) is 4.07.